The van der Waals surface area contributed by atoms with Crippen LogP contribution in [0.25, 0.3) is 0 Å². The smallest absolute Gasteiger partial charge is 0.272 e. The van der Waals surface area contributed by atoms with Crippen LogP contribution in [0.3, 0.4) is 0 Å². The quantitative estimate of drug-likeness (QED) is 0.400. The van der Waals surface area contributed by atoms with Crippen LogP contribution >= 0.6 is 23.4 Å². The number of anilines is 1. The number of hydrogen-bond donors (Lipinski definition) is 2. The molecule has 0 bridgehead atoms. The lowest BCUT2D eigenvalue weighted by Gasteiger charge is -2.35. The molecule has 12 heteroatoms. The Kier molecular flexibility index (Phi) is 11.8. The van der Waals surface area contributed by atoms with Gasteiger partial charge in [-0.3, -0.25) is 9.69 Å². The van der Waals surface area contributed by atoms with E-state index in [4.69, 9.17) is 43.7 Å². The first-order valence-corrected chi connectivity index (χ1v) is 10.9. The monoisotopic (exact) mass is 521 g/mol. The second-order valence-electron chi connectivity index (χ2n) is 7.53. The molecule has 0 aromatic heterocycles. The van der Waals surface area contributed by atoms with E-state index in [0.29, 0.717) is 32.5 Å². The van der Waals surface area contributed by atoms with E-state index in [0.717, 1.165) is 5.56 Å². The summed E-state index contributed by atoms with van der Waals surface area (Å²) in [6.45, 7) is 1.79. The van der Waals surface area contributed by atoms with Gasteiger partial charge in [0.15, 0.2) is 11.6 Å². The number of ether oxygens (including phenoxy) is 2. The van der Waals surface area contributed by atoms with Gasteiger partial charge in [0.2, 0.25) is 0 Å². The van der Waals surface area contributed by atoms with Crippen molar-refractivity contribution in [3.8, 4) is 11.5 Å². The molecule has 3 rings (SSSR count). The Balaban J connectivity index is 0.00000289. The van der Waals surface area contributed by atoms with Crippen LogP contribution in [0.4, 0.5) is 10.1 Å². The molecule has 0 atom stereocenters. The lowest BCUT2D eigenvalue weighted by Crippen LogP contribution is -2.43. The zero-order valence-corrected chi connectivity index (χ0v) is 20.2. The summed E-state index contributed by atoms with van der Waals surface area (Å²) in [7, 11) is 1.43. The average molecular weight is 522 g/mol. The number of aliphatic hydroxyl groups is 1. The number of carbonyl (C=O) groups excluding carboxylic acids is 1. The molecule has 1 aliphatic rings. The highest BCUT2D eigenvalue weighted by atomic mass is 35.5. The van der Waals surface area contributed by atoms with E-state index >= 15 is 0 Å². The molecule has 1 saturated heterocycles. The van der Waals surface area contributed by atoms with E-state index in [1.54, 1.807) is 6.07 Å². The summed E-state index contributed by atoms with van der Waals surface area (Å²) >= 11 is 12.5. The number of methoxy groups -OCH3 is 1. The van der Waals surface area contributed by atoms with Crippen LogP contribution in [0, 0.1) is 5.82 Å². The summed E-state index contributed by atoms with van der Waals surface area (Å²) in [5.74, 6) is -0.402. The summed E-state index contributed by atoms with van der Waals surface area (Å²) in [6, 6.07) is 7.62. The van der Waals surface area contributed by atoms with Gasteiger partial charge >= 0.3 is 0 Å². The second-order valence-corrected chi connectivity index (χ2v) is 8.31. The van der Waals surface area contributed by atoms with Crippen molar-refractivity contribution < 1.29 is 34.7 Å². The molecule has 0 saturated carbocycles. The Morgan fingerprint density at radius 1 is 1.24 bits per heavy atom. The number of halogens is 3. The normalized spacial score (nSPS) is 14.0. The standard InChI is InChI=1S/C22H26Cl2FN3O4.2H2O/c1-31-20-3-2-14(10-18(20)25)13-27-6-4-15(5-7-27)28(24)22(30)16-11-17(23)19(26)12-21(16)32-9-8-29;;/h2-3,10-12,15,29H,4-9,13,26H2,1H3;2*1H2. The minimum Gasteiger partial charge on any atom is -0.494 e. The maximum absolute atomic E-state index is 13.9. The predicted octanol–water partition coefficient (Wildman–Crippen LogP) is 2.05. The molecule has 190 valence electrons. The lowest BCUT2D eigenvalue weighted by molar-refractivity contribution is 0.0753. The zero-order chi connectivity index (χ0) is 23.3. The number of nitrogens with zero attached hydrogens (tertiary/aromatic N) is 2. The molecule has 0 radical (unpaired) electrons. The van der Waals surface area contributed by atoms with Crippen LogP contribution in [-0.4, -0.2) is 70.7 Å². The summed E-state index contributed by atoms with van der Waals surface area (Å²) in [4.78, 5) is 15.2. The number of nitrogens with two attached hydrogens (primary N) is 1. The van der Waals surface area contributed by atoms with Crippen molar-refractivity contribution >= 4 is 35.0 Å². The molecule has 1 heterocycles. The van der Waals surface area contributed by atoms with Crippen LogP contribution in [0.15, 0.2) is 30.3 Å². The number of carbonyl (C=O) groups is 1. The highest BCUT2D eigenvalue weighted by Crippen LogP contribution is 2.32. The molecule has 1 aliphatic heterocycles. The molecule has 2 aromatic carbocycles. The van der Waals surface area contributed by atoms with E-state index in [1.165, 1.54) is 29.7 Å². The van der Waals surface area contributed by atoms with Crippen molar-refractivity contribution in [3.63, 3.8) is 0 Å². The van der Waals surface area contributed by atoms with Gasteiger partial charge in [0.1, 0.15) is 12.4 Å². The third-order valence-corrected chi connectivity index (χ3v) is 6.13. The molecule has 0 spiro atoms. The number of rotatable bonds is 8. The first-order chi connectivity index (χ1) is 15.3. The van der Waals surface area contributed by atoms with Crippen LogP contribution < -0.4 is 15.2 Å². The molecule has 1 amide bonds. The van der Waals surface area contributed by atoms with E-state index in [9.17, 15) is 9.18 Å². The van der Waals surface area contributed by atoms with Crippen molar-refractivity contribution in [2.45, 2.75) is 25.4 Å². The fourth-order valence-electron chi connectivity index (χ4n) is 3.66. The van der Waals surface area contributed by atoms with Gasteiger partial charge in [0, 0.05) is 37.5 Å². The van der Waals surface area contributed by atoms with E-state index in [-0.39, 0.29) is 58.0 Å². The molecular formula is C22H30Cl2FN3O6. The molecule has 34 heavy (non-hydrogen) atoms. The number of nitrogen functional groups attached to an aromatic ring is 1. The Labute approximate surface area is 207 Å². The van der Waals surface area contributed by atoms with Gasteiger partial charge in [-0.15, -0.1) is 0 Å². The van der Waals surface area contributed by atoms with Crippen LogP contribution in [0.2, 0.25) is 5.02 Å². The Hall–Kier alpha value is -2.34. The van der Waals surface area contributed by atoms with Gasteiger partial charge in [0.05, 0.1) is 36.0 Å². The van der Waals surface area contributed by atoms with Crippen molar-refractivity contribution in [3.05, 3.63) is 52.3 Å². The van der Waals surface area contributed by atoms with E-state index < -0.39 is 11.7 Å². The largest absolute Gasteiger partial charge is 0.494 e. The number of likely N-dealkylation sites (tertiary alicyclic amines) is 1. The zero-order valence-electron chi connectivity index (χ0n) is 18.7. The third-order valence-electron chi connectivity index (χ3n) is 5.37. The number of amides is 1. The lowest BCUT2D eigenvalue weighted by atomic mass is 10.0. The molecule has 9 nitrogen and oxygen atoms in total. The summed E-state index contributed by atoms with van der Waals surface area (Å²) < 4.78 is 25.5. The van der Waals surface area contributed by atoms with E-state index in [2.05, 4.69) is 4.90 Å². The molecule has 7 N–H and O–H groups in total. The predicted molar refractivity (Wildman–Crippen MR) is 129 cm³/mol. The first kappa shape index (κ1) is 29.7. The van der Waals surface area contributed by atoms with E-state index in [1.807, 2.05) is 6.07 Å². The maximum Gasteiger partial charge on any atom is 0.272 e. The highest BCUT2D eigenvalue weighted by molar-refractivity contribution is 6.34. The average Bonchev–Trinajstić information content (AvgIpc) is 2.79. The van der Waals surface area contributed by atoms with Crippen molar-refractivity contribution in [2.75, 3.05) is 39.1 Å². The SMILES string of the molecule is COc1ccc(CN2CCC(N(Cl)C(=O)c3cc(Cl)c(N)cc3OCCO)CC2)cc1F.O.O. The summed E-state index contributed by atoms with van der Waals surface area (Å²) in [5, 5.41) is 9.25. The minimum absolute atomic E-state index is 0. The first-order valence-electron chi connectivity index (χ1n) is 10.2. The Morgan fingerprint density at radius 2 is 1.91 bits per heavy atom. The summed E-state index contributed by atoms with van der Waals surface area (Å²) in [5.41, 5.74) is 7.11. The third kappa shape index (κ3) is 7.08. The summed E-state index contributed by atoms with van der Waals surface area (Å²) in [6.07, 6.45) is 1.31. The van der Waals surface area contributed by atoms with Gasteiger partial charge in [-0.05, 0) is 36.6 Å². The van der Waals surface area contributed by atoms with Crippen LogP contribution in [-0.2, 0) is 6.54 Å². The van der Waals surface area contributed by atoms with Gasteiger partial charge in [-0.1, -0.05) is 17.7 Å². The fourth-order valence-corrected chi connectivity index (χ4v) is 4.11. The van der Waals surface area contributed by atoms with Crippen molar-refractivity contribution in [1.82, 2.24) is 9.32 Å². The second kappa shape index (κ2) is 13.5. The van der Waals surface area contributed by atoms with Crippen LogP contribution in [0.1, 0.15) is 28.8 Å². The van der Waals surface area contributed by atoms with Gasteiger partial charge in [-0.25, -0.2) is 8.81 Å². The Bertz CT molecular complexity index is 960. The minimum atomic E-state index is -0.447. The van der Waals surface area contributed by atoms with Crippen molar-refractivity contribution in [2.24, 2.45) is 0 Å². The number of benzene rings is 2. The van der Waals surface area contributed by atoms with Gasteiger partial charge in [-0.2, -0.15) is 0 Å². The van der Waals surface area contributed by atoms with Gasteiger partial charge in [0.25, 0.3) is 5.91 Å². The van der Waals surface area contributed by atoms with Crippen molar-refractivity contribution in [1.29, 1.82) is 0 Å². The molecule has 0 aliphatic carbocycles. The molecule has 2 aromatic rings. The van der Waals surface area contributed by atoms with Gasteiger partial charge < -0.3 is 31.3 Å². The molecule has 0 unspecified atom stereocenters. The number of hydrogen-bond acceptors (Lipinski definition) is 6. The highest BCUT2D eigenvalue weighted by Gasteiger charge is 2.30. The molecular weight excluding hydrogens is 492 g/mol. The van der Waals surface area contributed by atoms with Crippen LogP contribution in [0.5, 0.6) is 11.5 Å². The fraction of sp³-hybridized carbons (Fsp3) is 0.409. The number of aliphatic hydroxyl groups excluding tert-OH is 1. The molecule has 1 fully saturated rings. The Morgan fingerprint density at radius 3 is 2.50 bits per heavy atom. The maximum atomic E-state index is 13.9. The topological polar surface area (TPSA) is 151 Å². The number of piperidine rings is 1.